The highest BCUT2D eigenvalue weighted by molar-refractivity contribution is 7.89. The van der Waals surface area contributed by atoms with Gasteiger partial charge in [-0.15, -0.1) is 0 Å². The fourth-order valence-corrected chi connectivity index (χ4v) is 7.14. The number of carbonyl (C=O) groups excluding carboxylic acids is 2. The number of nitrogens with zero attached hydrogens (tertiary/aromatic N) is 5. The van der Waals surface area contributed by atoms with E-state index in [0.717, 1.165) is 11.2 Å². The second-order valence-corrected chi connectivity index (χ2v) is 12.8. The van der Waals surface area contributed by atoms with Gasteiger partial charge in [-0.25, -0.2) is 18.2 Å². The molecule has 0 aliphatic carbocycles. The van der Waals surface area contributed by atoms with Crippen LogP contribution in [-0.4, -0.2) is 114 Å². The zero-order valence-corrected chi connectivity index (χ0v) is 26.2. The first-order valence-electron chi connectivity index (χ1n) is 13.6. The largest absolute Gasteiger partial charge is 0.495 e. The van der Waals surface area contributed by atoms with E-state index in [9.17, 15) is 18.0 Å². The van der Waals surface area contributed by atoms with Crippen LogP contribution in [0.3, 0.4) is 0 Å². The summed E-state index contributed by atoms with van der Waals surface area (Å²) < 4.78 is 44.8. The number of hydrogen-bond acceptors (Lipinski definition) is 10. The summed E-state index contributed by atoms with van der Waals surface area (Å²) in [5.74, 6) is 0.914. The van der Waals surface area contributed by atoms with Gasteiger partial charge in [0.05, 0.1) is 25.7 Å². The van der Waals surface area contributed by atoms with Gasteiger partial charge < -0.3 is 24.0 Å². The Bertz CT molecular complexity index is 1460. The molecule has 3 aromatic rings. The summed E-state index contributed by atoms with van der Waals surface area (Å²) in [6, 6.07) is 9.52. The number of thiazole rings is 1. The lowest BCUT2D eigenvalue weighted by Crippen LogP contribution is -2.50. The van der Waals surface area contributed by atoms with Crippen molar-refractivity contribution >= 4 is 48.7 Å². The molecule has 1 aliphatic heterocycles. The van der Waals surface area contributed by atoms with Crippen molar-refractivity contribution in [1.29, 1.82) is 0 Å². The first-order chi connectivity index (χ1) is 20.1. The Hall–Kier alpha value is -3.46. The van der Waals surface area contributed by atoms with Gasteiger partial charge in [-0.05, 0) is 70.4 Å². The van der Waals surface area contributed by atoms with Crippen LogP contribution in [0.5, 0.6) is 11.5 Å². The maximum atomic E-state index is 13.8. The van der Waals surface area contributed by atoms with Crippen LogP contribution in [0.15, 0.2) is 41.3 Å². The first kappa shape index (κ1) is 31.5. The Balaban J connectivity index is 1.57. The van der Waals surface area contributed by atoms with Crippen LogP contribution in [0.1, 0.15) is 23.7 Å². The van der Waals surface area contributed by atoms with E-state index < -0.39 is 16.1 Å². The quantitative estimate of drug-likeness (QED) is 0.318. The number of anilines is 1. The van der Waals surface area contributed by atoms with Gasteiger partial charge in [0.25, 0.3) is 5.91 Å². The number of sulfonamides is 1. The zero-order chi connectivity index (χ0) is 30.4. The molecule has 0 bridgehead atoms. The van der Waals surface area contributed by atoms with E-state index in [0.29, 0.717) is 40.7 Å². The van der Waals surface area contributed by atoms with Crippen LogP contribution in [0.2, 0.25) is 0 Å². The smallest absolute Gasteiger partial charge is 0.409 e. The molecule has 0 atom stereocenters. The summed E-state index contributed by atoms with van der Waals surface area (Å²) >= 11 is 1.34. The monoisotopic (exact) mass is 619 g/mol. The number of carbonyl (C=O) groups is 2. The van der Waals surface area contributed by atoms with Crippen LogP contribution in [0, 0.1) is 0 Å². The van der Waals surface area contributed by atoms with Crippen LogP contribution >= 0.6 is 11.3 Å². The molecule has 228 valence electrons. The topological polar surface area (TPSA) is 122 Å². The number of aromatic nitrogens is 1. The van der Waals surface area contributed by atoms with Crippen molar-refractivity contribution < 1.29 is 32.2 Å². The summed E-state index contributed by atoms with van der Waals surface area (Å²) in [5, 5.41) is 0.493. The molecule has 2 aromatic carbocycles. The van der Waals surface area contributed by atoms with E-state index >= 15 is 0 Å². The number of piperazine rings is 1. The molecule has 0 N–H and O–H groups in total. The molecule has 14 heteroatoms. The maximum Gasteiger partial charge on any atom is 0.409 e. The van der Waals surface area contributed by atoms with E-state index in [2.05, 4.69) is 0 Å². The highest BCUT2D eigenvalue weighted by Crippen LogP contribution is 2.40. The molecular formula is C28H37N5O7S2. The lowest BCUT2D eigenvalue weighted by Gasteiger charge is -2.33. The van der Waals surface area contributed by atoms with Gasteiger partial charge in [0.2, 0.25) is 10.0 Å². The lowest BCUT2D eigenvalue weighted by molar-refractivity contribution is 0.0933. The second-order valence-electron chi connectivity index (χ2n) is 9.87. The van der Waals surface area contributed by atoms with Gasteiger partial charge in [-0.1, -0.05) is 11.3 Å². The second kappa shape index (κ2) is 13.7. The van der Waals surface area contributed by atoms with Crippen molar-refractivity contribution in [1.82, 2.24) is 19.1 Å². The van der Waals surface area contributed by atoms with Crippen LogP contribution in [0.4, 0.5) is 9.93 Å². The average Bonchev–Trinajstić information content (AvgIpc) is 3.44. The Morgan fingerprint density at radius 3 is 2.19 bits per heavy atom. The van der Waals surface area contributed by atoms with E-state index in [1.54, 1.807) is 38.2 Å². The maximum absolute atomic E-state index is 13.8. The number of fused-ring (bicyclic) bond motifs is 1. The van der Waals surface area contributed by atoms with Crippen molar-refractivity contribution in [3.8, 4) is 11.5 Å². The fourth-order valence-electron chi connectivity index (χ4n) is 4.62. The normalized spacial score (nSPS) is 14.3. The van der Waals surface area contributed by atoms with Crippen LogP contribution < -0.4 is 14.4 Å². The van der Waals surface area contributed by atoms with Gasteiger partial charge in [0, 0.05) is 38.3 Å². The van der Waals surface area contributed by atoms with E-state index in [-0.39, 0.29) is 43.6 Å². The molecule has 0 radical (unpaired) electrons. The van der Waals surface area contributed by atoms with Crippen molar-refractivity contribution in [3.63, 3.8) is 0 Å². The summed E-state index contributed by atoms with van der Waals surface area (Å²) in [6.07, 6.45) is 0.255. The number of hydrogen-bond donors (Lipinski definition) is 0. The molecule has 1 saturated heterocycles. The Morgan fingerprint density at radius 2 is 1.60 bits per heavy atom. The first-order valence-corrected chi connectivity index (χ1v) is 15.9. The minimum atomic E-state index is -3.81. The minimum Gasteiger partial charge on any atom is -0.495 e. The lowest BCUT2D eigenvalue weighted by atomic mass is 10.2. The molecule has 42 heavy (non-hydrogen) atoms. The fraction of sp³-hybridized carbons (Fsp3) is 0.464. The highest BCUT2D eigenvalue weighted by Gasteiger charge is 2.31. The van der Waals surface area contributed by atoms with E-state index in [4.69, 9.17) is 19.2 Å². The minimum absolute atomic E-state index is 0.0808. The Morgan fingerprint density at radius 1 is 0.952 bits per heavy atom. The van der Waals surface area contributed by atoms with Crippen molar-refractivity contribution in [2.45, 2.75) is 18.2 Å². The number of amides is 2. The molecule has 1 aliphatic rings. The number of rotatable bonds is 11. The number of ether oxygens (including phenoxy) is 3. The van der Waals surface area contributed by atoms with Crippen molar-refractivity contribution in [3.05, 3.63) is 42.0 Å². The standard InChI is InChI=1S/C28H37N5O7S2/c1-6-40-28(35)31-16-18-32(19-17-31)42(36,37)21-10-8-20(9-11-21)26(34)33(15-7-14-30(2)3)27-29-24-22(38-4)12-13-23(39-5)25(24)41-27/h8-13H,6-7,14-19H2,1-5H3. The molecular weight excluding hydrogens is 582 g/mol. The zero-order valence-electron chi connectivity index (χ0n) is 24.5. The van der Waals surface area contributed by atoms with E-state index in [1.165, 1.54) is 44.8 Å². The molecule has 2 heterocycles. The van der Waals surface area contributed by atoms with Gasteiger partial charge in [0.15, 0.2) is 5.13 Å². The molecule has 0 saturated carbocycles. The Kier molecular flexibility index (Phi) is 10.2. The van der Waals surface area contributed by atoms with Gasteiger partial charge in [-0.3, -0.25) is 9.69 Å². The molecule has 2 amide bonds. The third kappa shape index (κ3) is 6.77. The molecule has 1 fully saturated rings. The number of methoxy groups -OCH3 is 2. The van der Waals surface area contributed by atoms with Gasteiger partial charge in [0.1, 0.15) is 21.7 Å². The van der Waals surface area contributed by atoms with Crippen LogP contribution in [0.25, 0.3) is 10.2 Å². The van der Waals surface area contributed by atoms with E-state index in [1.807, 2.05) is 19.0 Å². The summed E-state index contributed by atoms with van der Waals surface area (Å²) in [4.78, 5) is 35.8. The average molecular weight is 620 g/mol. The molecule has 1 aromatic heterocycles. The predicted octanol–water partition coefficient (Wildman–Crippen LogP) is 3.37. The summed E-state index contributed by atoms with van der Waals surface area (Å²) in [5.41, 5.74) is 0.941. The number of benzene rings is 2. The molecule has 0 spiro atoms. The van der Waals surface area contributed by atoms with Gasteiger partial charge >= 0.3 is 6.09 Å². The predicted molar refractivity (Wildman–Crippen MR) is 161 cm³/mol. The summed E-state index contributed by atoms with van der Waals surface area (Å²) in [7, 11) is 3.27. The molecule has 12 nitrogen and oxygen atoms in total. The van der Waals surface area contributed by atoms with Crippen LogP contribution in [-0.2, 0) is 14.8 Å². The Labute approximate surface area is 250 Å². The highest BCUT2D eigenvalue weighted by atomic mass is 32.2. The third-order valence-electron chi connectivity index (χ3n) is 6.87. The SMILES string of the molecule is CCOC(=O)N1CCN(S(=O)(=O)c2ccc(C(=O)N(CCCN(C)C)c3nc4c(OC)ccc(OC)c4s3)cc2)CC1. The summed E-state index contributed by atoms with van der Waals surface area (Å²) in [6.45, 7) is 3.97. The third-order valence-corrected chi connectivity index (χ3v) is 9.87. The molecule has 0 unspecified atom stereocenters. The van der Waals surface area contributed by atoms with Crippen molar-refractivity contribution in [2.24, 2.45) is 0 Å². The van der Waals surface area contributed by atoms with Gasteiger partial charge in [-0.2, -0.15) is 4.31 Å². The van der Waals surface area contributed by atoms with Crippen molar-refractivity contribution in [2.75, 3.05) is 79.1 Å². The molecule has 4 rings (SSSR count).